The molecule has 0 aliphatic heterocycles. The molecule has 7 heteroatoms. The van der Waals surface area contributed by atoms with E-state index in [0.29, 0.717) is 24.5 Å². The van der Waals surface area contributed by atoms with E-state index in [1.54, 1.807) is 18.3 Å². The van der Waals surface area contributed by atoms with Crippen molar-refractivity contribution in [3.8, 4) is 11.6 Å². The van der Waals surface area contributed by atoms with Crippen LogP contribution >= 0.6 is 24.8 Å². The monoisotopic (exact) mass is 371 g/mol. The lowest BCUT2D eigenvalue weighted by atomic mass is 10.2. The van der Waals surface area contributed by atoms with E-state index in [0.717, 1.165) is 12.2 Å². The molecule has 1 heterocycles. The molecule has 1 amide bonds. The molecular weight excluding hydrogens is 349 g/mol. The van der Waals surface area contributed by atoms with E-state index in [9.17, 15) is 4.79 Å². The molecule has 0 atom stereocenters. The van der Waals surface area contributed by atoms with Crippen LogP contribution in [0.5, 0.6) is 11.6 Å². The summed E-state index contributed by atoms with van der Waals surface area (Å²) in [6.45, 7) is 2.75. The van der Waals surface area contributed by atoms with E-state index in [-0.39, 0.29) is 30.7 Å². The van der Waals surface area contributed by atoms with Crippen LogP contribution in [0.1, 0.15) is 18.9 Å². The summed E-state index contributed by atoms with van der Waals surface area (Å²) in [5.41, 5.74) is 1.88. The molecule has 1 aromatic heterocycles. The van der Waals surface area contributed by atoms with Gasteiger partial charge >= 0.3 is 0 Å². The second-order valence-corrected chi connectivity index (χ2v) is 4.89. The summed E-state index contributed by atoms with van der Waals surface area (Å²) in [7, 11) is 1.81. The van der Waals surface area contributed by atoms with Crippen molar-refractivity contribution < 1.29 is 9.53 Å². The standard InChI is InChI=1S/C17H21N3O2.2ClH/c1-3-13-5-4-6-15(11-13)22-17-8-7-14(12-19-17)20-16(21)9-10-18-2;;/h4-8,11-12,18H,3,9-10H2,1-2H3,(H,20,21);2*1H. The van der Waals surface area contributed by atoms with E-state index in [1.807, 2.05) is 25.2 Å². The van der Waals surface area contributed by atoms with Gasteiger partial charge in [0.2, 0.25) is 11.8 Å². The molecule has 24 heavy (non-hydrogen) atoms. The van der Waals surface area contributed by atoms with Gasteiger partial charge in [-0.2, -0.15) is 0 Å². The summed E-state index contributed by atoms with van der Waals surface area (Å²) in [6, 6.07) is 11.4. The number of pyridine rings is 1. The van der Waals surface area contributed by atoms with Crippen molar-refractivity contribution in [2.45, 2.75) is 19.8 Å². The molecule has 5 nitrogen and oxygen atoms in total. The fourth-order valence-corrected chi connectivity index (χ4v) is 1.93. The van der Waals surface area contributed by atoms with E-state index in [1.165, 1.54) is 5.56 Å². The van der Waals surface area contributed by atoms with Gasteiger partial charge < -0.3 is 15.4 Å². The average Bonchev–Trinajstić information content (AvgIpc) is 2.55. The Labute approximate surface area is 155 Å². The summed E-state index contributed by atoms with van der Waals surface area (Å²) in [5, 5.41) is 5.72. The molecule has 2 rings (SSSR count). The Morgan fingerprint density at radius 3 is 2.62 bits per heavy atom. The molecule has 2 aromatic rings. The highest BCUT2D eigenvalue weighted by Crippen LogP contribution is 2.21. The van der Waals surface area contributed by atoms with Gasteiger partial charge in [-0.25, -0.2) is 4.98 Å². The van der Waals surface area contributed by atoms with Gasteiger partial charge in [0.05, 0.1) is 11.9 Å². The number of nitrogens with zero attached hydrogens (tertiary/aromatic N) is 1. The maximum Gasteiger partial charge on any atom is 0.225 e. The van der Waals surface area contributed by atoms with Crippen LogP contribution in [-0.2, 0) is 11.2 Å². The maximum atomic E-state index is 11.6. The van der Waals surface area contributed by atoms with Crippen molar-refractivity contribution in [3.05, 3.63) is 48.2 Å². The summed E-state index contributed by atoms with van der Waals surface area (Å²) >= 11 is 0. The third-order valence-corrected chi connectivity index (χ3v) is 3.15. The number of rotatable bonds is 7. The van der Waals surface area contributed by atoms with Crippen LogP contribution in [0.2, 0.25) is 0 Å². The zero-order valence-electron chi connectivity index (χ0n) is 13.7. The van der Waals surface area contributed by atoms with E-state index < -0.39 is 0 Å². The lowest BCUT2D eigenvalue weighted by Gasteiger charge is -2.08. The van der Waals surface area contributed by atoms with Gasteiger partial charge in [-0.1, -0.05) is 19.1 Å². The molecule has 1 aromatic carbocycles. The average molecular weight is 372 g/mol. The van der Waals surface area contributed by atoms with Gasteiger partial charge in [0, 0.05) is 19.0 Å². The number of anilines is 1. The second kappa shape index (κ2) is 11.7. The largest absolute Gasteiger partial charge is 0.439 e. The highest BCUT2D eigenvalue weighted by molar-refractivity contribution is 5.90. The minimum atomic E-state index is -0.0412. The molecule has 0 aliphatic carbocycles. The number of amides is 1. The maximum absolute atomic E-state index is 11.6. The van der Waals surface area contributed by atoms with Crippen molar-refractivity contribution in [3.63, 3.8) is 0 Å². The summed E-state index contributed by atoms with van der Waals surface area (Å²) in [5.74, 6) is 1.22. The number of benzene rings is 1. The molecule has 0 spiro atoms. The van der Waals surface area contributed by atoms with Crippen molar-refractivity contribution in [1.29, 1.82) is 0 Å². The van der Waals surface area contributed by atoms with E-state index in [4.69, 9.17) is 4.74 Å². The molecule has 2 N–H and O–H groups in total. The molecular formula is C17H23Cl2N3O2. The first-order valence-electron chi connectivity index (χ1n) is 7.38. The summed E-state index contributed by atoms with van der Waals surface area (Å²) in [4.78, 5) is 15.8. The van der Waals surface area contributed by atoms with Gasteiger partial charge in [0.25, 0.3) is 0 Å². The van der Waals surface area contributed by atoms with Gasteiger partial charge in [0.1, 0.15) is 5.75 Å². The Kier molecular flexibility index (Phi) is 10.8. The van der Waals surface area contributed by atoms with Gasteiger partial charge in [-0.05, 0) is 37.2 Å². The Hall–Kier alpha value is -1.82. The first-order valence-corrected chi connectivity index (χ1v) is 7.38. The number of carbonyl (C=O) groups excluding carboxylic acids is 1. The van der Waals surface area contributed by atoms with Crippen molar-refractivity contribution in [2.24, 2.45) is 0 Å². The number of ether oxygens (including phenoxy) is 1. The number of halogens is 2. The number of aryl methyl sites for hydroxylation is 1. The van der Waals surface area contributed by atoms with Crippen LogP contribution in [0.4, 0.5) is 5.69 Å². The number of carbonyl (C=O) groups is 1. The molecule has 0 bridgehead atoms. The topological polar surface area (TPSA) is 63.2 Å². The number of hydrogen-bond acceptors (Lipinski definition) is 4. The fourth-order valence-electron chi connectivity index (χ4n) is 1.93. The molecule has 0 aliphatic rings. The van der Waals surface area contributed by atoms with Gasteiger partial charge in [-0.3, -0.25) is 4.79 Å². The summed E-state index contributed by atoms with van der Waals surface area (Å²) in [6.07, 6.45) is 2.98. The van der Waals surface area contributed by atoms with Crippen molar-refractivity contribution in [1.82, 2.24) is 10.3 Å². The minimum Gasteiger partial charge on any atom is -0.439 e. The van der Waals surface area contributed by atoms with Crippen LogP contribution in [0.15, 0.2) is 42.6 Å². The first kappa shape index (κ1) is 22.2. The minimum absolute atomic E-state index is 0. The van der Waals surface area contributed by atoms with E-state index in [2.05, 4.69) is 28.6 Å². The fraction of sp³-hybridized carbons (Fsp3) is 0.294. The van der Waals surface area contributed by atoms with Gasteiger partial charge in [0.15, 0.2) is 0 Å². The summed E-state index contributed by atoms with van der Waals surface area (Å²) < 4.78 is 5.71. The predicted molar refractivity (Wildman–Crippen MR) is 102 cm³/mol. The Morgan fingerprint density at radius 2 is 2.00 bits per heavy atom. The molecule has 0 unspecified atom stereocenters. The zero-order chi connectivity index (χ0) is 15.8. The normalized spacial score (nSPS) is 9.42. The quantitative estimate of drug-likeness (QED) is 0.776. The molecule has 132 valence electrons. The van der Waals surface area contributed by atoms with Crippen molar-refractivity contribution >= 4 is 36.4 Å². The third-order valence-electron chi connectivity index (χ3n) is 3.15. The molecule has 0 radical (unpaired) electrons. The smallest absolute Gasteiger partial charge is 0.225 e. The Balaban J connectivity index is 0.00000264. The number of hydrogen-bond donors (Lipinski definition) is 2. The van der Waals surface area contributed by atoms with Crippen LogP contribution in [0, 0.1) is 0 Å². The highest BCUT2D eigenvalue weighted by Gasteiger charge is 2.03. The number of aromatic nitrogens is 1. The van der Waals surface area contributed by atoms with Crippen LogP contribution in [-0.4, -0.2) is 24.5 Å². The Morgan fingerprint density at radius 1 is 1.21 bits per heavy atom. The van der Waals surface area contributed by atoms with Crippen LogP contribution in [0.3, 0.4) is 0 Å². The molecule has 0 saturated carbocycles. The molecule has 0 fully saturated rings. The first-order chi connectivity index (χ1) is 10.7. The number of nitrogens with one attached hydrogen (secondary N) is 2. The zero-order valence-corrected chi connectivity index (χ0v) is 15.4. The van der Waals surface area contributed by atoms with E-state index >= 15 is 0 Å². The lowest BCUT2D eigenvalue weighted by Crippen LogP contribution is -2.18. The lowest BCUT2D eigenvalue weighted by molar-refractivity contribution is -0.116. The van der Waals surface area contributed by atoms with Crippen molar-refractivity contribution in [2.75, 3.05) is 18.9 Å². The van der Waals surface area contributed by atoms with Crippen LogP contribution < -0.4 is 15.4 Å². The SMILES string of the molecule is CCc1cccc(Oc2ccc(NC(=O)CCNC)cn2)c1.Cl.Cl. The predicted octanol–water partition coefficient (Wildman–Crippen LogP) is 3.83. The third kappa shape index (κ3) is 7.17. The second-order valence-electron chi connectivity index (χ2n) is 4.89. The Bertz CT molecular complexity index is 621. The van der Waals surface area contributed by atoms with Crippen LogP contribution in [0.25, 0.3) is 0 Å². The van der Waals surface area contributed by atoms with Gasteiger partial charge in [-0.15, -0.1) is 24.8 Å². The molecule has 0 saturated heterocycles. The highest BCUT2D eigenvalue weighted by atomic mass is 35.5.